The van der Waals surface area contributed by atoms with Gasteiger partial charge in [-0.3, -0.25) is 9.59 Å². The van der Waals surface area contributed by atoms with Crippen molar-refractivity contribution in [2.24, 2.45) is 5.92 Å². The molecule has 17 heavy (non-hydrogen) atoms. The van der Waals surface area contributed by atoms with E-state index in [4.69, 9.17) is 5.11 Å². The van der Waals surface area contributed by atoms with E-state index >= 15 is 0 Å². The summed E-state index contributed by atoms with van der Waals surface area (Å²) < 4.78 is 0. The fourth-order valence-corrected chi connectivity index (χ4v) is 1.77. The number of hydrogen-bond donors (Lipinski definition) is 1. The lowest BCUT2D eigenvalue weighted by molar-refractivity contribution is -0.145. The lowest BCUT2D eigenvalue weighted by atomic mass is 10.2. The van der Waals surface area contributed by atoms with Crippen LogP contribution >= 0.6 is 0 Å². The minimum absolute atomic E-state index is 0.0312. The monoisotopic (exact) mass is 233 g/mol. The SMILES string of the molecule is O=C(O)CN(Cc1ccccc1)C(=O)C1CC1. The molecule has 1 fully saturated rings. The first-order valence-corrected chi connectivity index (χ1v) is 5.71. The van der Waals surface area contributed by atoms with E-state index in [2.05, 4.69) is 0 Å². The van der Waals surface area contributed by atoms with Gasteiger partial charge in [0.15, 0.2) is 0 Å². The summed E-state index contributed by atoms with van der Waals surface area (Å²) in [4.78, 5) is 24.1. The average Bonchev–Trinajstić information content (AvgIpc) is 3.12. The molecule has 4 heteroatoms. The van der Waals surface area contributed by atoms with Crippen molar-refractivity contribution in [1.29, 1.82) is 0 Å². The van der Waals surface area contributed by atoms with Crippen molar-refractivity contribution in [3.8, 4) is 0 Å². The molecule has 0 aromatic heterocycles. The number of aliphatic carboxylic acids is 1. The molecular formula is C13H15NO3. The third-order valence-electron chi connectivity index (χ3n) is 2.78. The summed E-state index contributed by atoms with van der Waals surface area (Å²) in [7, 11) is 0. The van der Waals surface area contributed by atoms with Gasteiger partial charge in [-0.2, -0.15) is 0 Å². The highest BCUT2D eigenvalue weighted by molar-refractivity contribution is 5.84. The zero-order valence-electron chi connectivity index (χ0n) is 9.50. The average molecular weight is 233 g/mol. The molecule has 1 N–H and O–H groups in total. The molecule has 1 aliphatic rings. The van der Waals surface area contributed by atoms with Gasteiger partial charge in [0.1, 0.15) is 6.54 Å². The first-order valence-electron chi connectivity index (χ1n) is 5.71. The Morgan fingerprint density at radius 2 is 1.88 bits per heavy atom. The summed E-state index contributed by atoms with van der Waals surface area (Å²) in [6.07, 6.45) is 1.79. The van der Waals surface area contributed by atoms with Crippen molar-refractivity contribution < 1.29 is 14.7 Å². The molecule has 2 rings (SSSR count). The third kappa shape index (κ3) is 3.31. The molecule has 1 aromatic rings. The summed E-state index contributed by atoms with van der Waals surface area (Å²) in [6, 6.07) is 9.46. The Kier molecular flexibility index (Phi) is 3.42. The van der Waals surface area contributed by atoms with Gasteiger partial charge in [-0.1, -0.05) is 30.3 Å². The van der Waals surface area contributed by atoms with Crippen LogP contribution in [0.25, 0.3) is 0 Å². The van der Waals surface area contributed by atoms with Gasteiger partial charge in [0.2, 0.25) is 5.91 Å². The molecule has 0 spiro atoms. The van der Waals surface area contributed by atoms with Crippen LogP contribution in [0, 0.1) is 5.92 Å². The second kappa shape index (κ2) is 4.99. The van der Waals surface area contributed by atoms with E-state index in [1.807, 2.05) is 30.3 Å². The van der Waals surface area contributed by atoms with Crippen molar-refractivity contribution >= 4 is 11.9 Å². The number of carbonyl (C=O) groups is 2. The van der Waals surface area contributed by atoms with Crippen LogP contribution in [0.4, 0.5) is 0 Å². The fourth-order valence-electron chi connectivity index (χ4n) is 1.77. The van der Waals surface area contributed by atoms with Crippen LogP contribution in [0.2, 0.25) is 0 Å². The van der Waals surface area contributed by atoms with E-state index in [0.29, 0.717) is 6.54 Å². The molecule has 4 nitrogen and oxygen atoms in total. The lowest BCUT2D eigenvalue weighted by Gasteiger charge is -2.20. The van der Waals surface area contributed by atoms with Gasteiger partial charge in [-0.15, -0.1) is 0 Å². The molecule has 1 aromatic carbocycles. The molecule has 1 aliphatic carbocycles. The number of carboxylic acids is 1. The Morgan fingerprint density at radius 3 is 2.41 bits per heavy atom. The Bertz CT molecular complexity index is 412. The molecular weight excluding hydrogens is 218 g/mol. The third-order valence-corrected chi connectivity index (χ3v) is 2.78. The first kappa shape index (κ1) is 11.6. The Morgan fingerprint density at radius 1 is 1.24 bits per heavy atom. The predicted octanol–water partition coefficient (Wildman–Crippen LogP) is 1.51. The van der Waals surface area contributed by atoms with E-state index in [1.54, 1.807) is 0 Å². The molecule has 90 valence electrons. The zero-order valence-corrected chi connectivity index (χ0v) is 9.50. The van der Waals surface area contributed by atoms with Gasteiger partial charge < -0.3 is 10.0 Å². The second-order valence-electron chi connectivity index (χ2n) is 4.35. The molecule has 0 radical (unpaired) electrons. The molecule has 0 heterocycles. The highest BCUT2D eigenvalue weighted by Gasteiger charge is 2.34. The van der Waals surface area contributed by atoms with Crippen molar-refractivity contribution in [2.75, 3.05) is 6.54 Å². The number of hydrogen-bond acceptors (Lipinski definition) is 2. The summed E-state index contributed by atoms with van der Waals surface area (Å²) in [6.45, 7) is 0.159. The van der Waals surface area contributed by atoms with Crippen LogP contribution in [-0.2, 0) is 16.1 Å². The fraction of sp³-hybridized carbons (Fsp3) is 0.385. The maximum absolute atomic E-state index is 11.9. The van der Waals surface area contributed by atoms with Crippen molar-refractivity contribution in [1.82, 2.24) is 4.90 Å². The van der Waals surface area contributed by atoms with Gasteiger partial charge in [0.25, 0.3) is 0 Å². The molecule has 0 unspecified atom stereocenters. The van der Waals surface area contributed by atoms with Crippen LogP contribution in [0.5, 0.6) is 0 Å². The van der Waals surface area contributed by atoms with Gasteiger partial charge in [-0.25, -0.2) is 0 Å². The largest absolute Gasteiger partial charge is 0.480 e. The van der Waals surface area contributed by atoms with Crippen LogP contribution in [-0.4, -0.2) is 28.4 Å². The summed E-state index contributed by atoms with van der Waals surface area (Å²) in [5.74, 6) is -0.941. The molecule has 0 saturated heterocycles. The van der Waals surface area contributed by atoms with Gasteiger partial charge >= 0.3 is 5.97 Å². The highest BCUT2D eigenvalue weighted by atomic mass is 16.4. The van der Waals surface area contributed by atoms with Crippen LogP contribution in [0.1, 0.15) is 18.4 Å². The van der Waals surface area contributed by atoms with E-state index in [9.17, 15) is 9.59 Å². The van der Waals surface area contributed by atoms with E-state index in [0.717, 1.165) is 18.4 Å². The molecule has 0 bridgehead atoms. The van der Waals surface area contributed by atoms with E-state index < -0.39 is 5.97 Å². The minimum atomic E-state index is -0.963. The number of benzene rings is 1. The molecule has 0 atom stereocenters. The van der Waals surface area contributed by atoms with Gasteiger partial charge in [0, 0.05) is 12.5 Å². The van der Waals surface area contributed by atoms with Crippen molar-refractivity contribution in [3.05, 3.63) is 35.9 Å². The maximum atomic E-state index is 11.9. The molecule has 0 aliphatic heterocycles. The zero-order chi connectivity index (χ0) is 12.3. The summed E-state index contributed by atoms with van der Waals surface area (Å²) >= 11 is 0. The van der Waals surface area contributed by atoms with Crippen LogP contribution in [0.15, 0.2) is 30.3 Å². The lowest BCUT2D eigenvalue weighted by Crippen LogP contribution is -2.36. The number of carboxylic acid groups (broad SMARTS) is 1. The molecule has 1 saturated carbocycles. The van der Waals surface area contributed by atoms with Crippen molar-refractivity contribution in [2.45, 2.75) is 19.4 Å². The molecule has 1 amide bonds. The first-order chi connectivity index (χ1) is 8.16. The van der Waals surface area contributed by atoms with Gasteiger partial charge in [-0.05, 0) is 18.4 Å². The van der Waals surface area contributed by atoms with Crippen LogP contribution < -0.4 is 0 Å². The van der Waals surface area contributed by atoms with E-state index in [1.165, 1.54) is 4.90 Å². The Labute approximate surface area is 99.9 Å². The quantitative estimate of drug-likeness (QED) is 0.838. The smallest absolute Gasteiger partial charge is 0.323 e. The normalized spacial score (nSPS) is 14.4. The Hall–Kier alpha value is -1.84. The number of amides is 1. The van der Waals surface area contributed by atoms with Crippen molar-refractivity contribution in [3.63, 3.8) is 0 Å². The summed E-state index contributed by atoms with van der Waals surface area (Å²) in [5, 5.41) is 8.82. The standard InChI is InChI=1S/C13H15NO3/c15-12(16)9-14(13(17)11-6-7-11)8-10-4-2-1-3-5-10/h1-5,11H,6-9H2,(H,15,16). The second-order valence-corrected chi connectivity index (χ2v) is 4.35. The van der Waals surface area contributed by atoms with Crippen LogP contribution in [0.3, 0.4) is 0 Å². The number of rotatable bonds is 5. The highest BCUT2D eigenvalue weighted by Crippen LogP contribution is 2.31. The maximum Gasteiger partial charge on any atom is 0.323 e. The van der Waals surface area contributed by atoms with E-state index in [-0.39, 0.29) is 18.4 Å². The van der Waals surface area contributed by atoms with Gasteiger partial charge in [0.05, 0.1) is 0 Å². The minimum Gasteiger partial charge on any atom is -0.480 e. The number of carbonyl (C=O) groups excluding carboxylic acids is 1. The summed E-state index contributed by atoms with van der Waals surface area (Å²) in [5.41, 5.74) is 0.961. The topological polar surface area (TPSA) is 57.6 Å². The Balaban J connectivity index is 2.04. The predicted molar refractivity (Wildman–Crippen MR) is 62.2 cm³/mol. The number of nitrogens with zero attached hydrogens (tertiary/aromatic N) is 1.